The molecule has 1 unspecified atom stereocenters. The Morgan fingerprint density at radius 2 is 1.88 bits per heavy atom. The van der Waals surface area contributed by atoms with E-state index in [1.807, 2.05) is 0 Å². The molecule has 0 heterocycles. The van der Waals surface area contributed by atoms with Crippen molar-refractivity contribution >= 4 is 19.3 Å². The highest BCUT2D eigenvalue weighted by molar-refractivity contribution is 7.57. The Balaban J connectivity index is 4.56. The maximum Gasteiger partial charge on any atom is 0.253 e. The number of hydrogen-bond donors (Lipinski definition) is 2. The molecule has 0 aliphatic carbocycles. The van der Waals surface area contributed by atoms with E-state index < -0.39 is 37.8 Å². The molecule has 0 aliphatic rings. The first kappa shape index (κ1) is 15.1. The lowest BCUT2D eigenvalue weighted by molar-refractivity contribution is -0.846. The number of carbonyl (C=O) groups is 2. The van der Waals surface area contributed by atoms with Gasteiger partial charge in [-0.05, 0) is 6.42 Å². The number of carboxylic acids is 2. The number of nitrogens with one attached hydrogen (secondary N) is 1. The van der Waals surface area contributed by atoms with Crippen LogP contribution in [0.2, 0.25) is 0 Å². The summed E-state index contributed by atoms with van der Waals surface area (Å²) in [5.41, 5.74) is 0. The minimum Gasteiger partial charge on any atom is -0.550 e. The second-order valence-electron chi connectivity index (χ2n) is 3.99. The molecule has 0 rings (SSSR count). The van der Waals surface area contributed by atoms with E-state index in [2.05, 4.69) is 0 Å². The van der Waals surface area contributed by atoms with Gasteiger partial charge in [-0.2, -0.15) is 0 Å². The molecule has 0 amide bonds. The molecule has 0 radical (unpaired) electrons. The zero-order valence-corrected chi connectivity index (χ0v) is 10.0. The molecule has 0 aromatic carbocycles. The van der Waals surface area contributed by atoms with E-state index in [9.17, 15) is 29.3 Å². The Kier molecular flexibility index (Phi) is 5.64. The Hall–Kier alpha value is -0.910. The predicted octanol–water partition coefficient (Wildman–Crippen LogP) is -4.14. The maximum absolute atomic E-state index is 11.6. The van der Waals surface area contributed by atoms with Crippen LogP contribution in [0.3, 0.4) is 0 Å². The molecule has 0 spiro atoms. The van der Waals surface area contributed by atoms with Crippen LogP contribution in [0.15, 0.2) is 0 Å². The topological polar surface area (TPSA) is 122 Å². The van der Waals surface area contributed by atoms with Crippen molar-refractivity contribution in [1.82, 2.24) is 0 Å². The summed E-state index contributed by atoms with van der Waals surface area (Å²) in [5, 5.41) is 20.8. The fourth-order valence-corrected chi connectivity index (χ4v) is 3.41. The van der Waals surface area contributed by atoms with Crippen molar-refractivity contribution in [3.05, 3.63) is 0 Å². The zero-order valence-electron chi connectivity index (χ0n) is 9.13. The van der Waals surface area contributed by atoms with Gasteiger partial charge >= 0.3 is 0 Å². The molecule has 0 saturated carbocycles. The van der Waals surface area contributed by atoms with Gasteiger partial charge in [0.1, 0.15) is 0 Å². The first-order chi connectivity index (χ1) is 7.14. The monoisotopic (exact) mass is 252 g/mol. The summed E-state index contributed by atoms with van der Waals surface area (Å²) in [6, 6.07) is 0. The lowest BCUT2D eigenvalue weighted by Gasteiger charge is -2.22. The molecule has 8 heteroatoms. The van der Waals surface area contributed by atoms with Crippen molar-refractivity contribution in [2.75, 3.05) is 26.5 Å². The number of quaternary nitrogens is 1. The fraction of sp³-hybridized carbons (Fsp3) is 0.750. The van der Waals surface area contributed by atoms with Crippen LogP contribution in [-0.4, -0.2) is 43.4 Å². The summed E-state index contributed by atoms with van der Waals surface area (Å²) >= 11 is 0. The number of rotatable bonds is 7. The maximum atomic E-state index is 11.6. The summed E-state index contributed by atoms with van der Waals surface area (Å²) in [7, 11) is -0.395. The predicted molar refractivity (Wildman–Crippen MR) is 50.5 cm³/mol. The molecule has 2 N–H and O–H groups in total. The lowest BCUT2D eigenvalue weighted by atomic mass is 10.1. The van der Waals surface area contributed by atoms with Gasteiger partial charge in [-0.25, -0.2) is 0 Å². The standard InChI is InChI=1S/C8H16NO6P/c1-9(2)5-16(14,15)4-6(8(12)13)3-7(10)11/h6H,3-5H2,1-2H3,(H,10,11)(H,12,13)(H,14,15)/p-1/t6-/m0/s1. The van der Waals surface area contributed by atoms with Gasteiger partial charge in [-0.1, -0.05) is 0 Å². The molecule has 0 fully saturated rings. The highest BCUT2D eigenvalue weighted by atomic mass is 31.2. The van der Waals surface area contributed by atoms with E-state index in [1.54, 1.807) is 14.1 Å². The van der Waals surface area contributed by atoms with Crippen LogP contribution in [0.1, 0.15) is 6.42 Å². The first-order valence-corrected chi connectivity index (χ1v) is 6.67. The number of carbonyl (C=O) groups excluding carboxylic acids is 2. The number of aliphatic carboxylic acids is 2. The Bertz CT molecular complexity index is 316. The van der Waals surface area contributed by atoms with Gasteiger partial charge in [-0.3, -0.25) is 4.57 Å². The molecule has 0 aromatic heterocycles. The van der Waals surface area contributed by atoms with Gasteiger partial charge in [0.2, 0.25) is 0 Å². The van der Waals surface area contributed by atoms with Crippen molar-refractivity contribution in [3.63, 3.8) is 0 Å². The molecule has 2 atom stereocenters. The van der Waals surface area contributed by atoms with E-state index in [4.69, 9.17) is 0 Å². The highest BCUT2D eigenvalue weighted by Crippen LogP contribution is 2.40. The van der Waals surface area contributed by atoms with Crippen LogP contribution in [0.25, 0.3) is 0 Å². The minimum atomic E-state index is -3.66. The van der Waals surface area contributed by atoms with Crippen LogP contribution < -0.4 is 15.1 Å². The van der Waals surface area contributed by atoms with Crippen molar-refractivity contribution in [3.8, 4) is 0 Å². The van der Waals surface area contributed by atoms with Crippen molar-refractivity contribution in [2.24, 2.45) is 5.92 Å². The van der Waals surface area contributed by atoms with Gasteiger partial charge in [0.25, 0.3) is 7.37 Å². The molecule has 94 valence electrons. The van der Waals surface area contributed by atoms with Gasteiger partial charge in [0, 0.05) is 24.0 Å². The van der Waals surface area contributed by atoms with Crippen LogP contribution in [0, 0.1) is 5.92 Å². The normalized spacial score (nSPS) is 16.8. The second-order valence-corrected chi connectivity index (χ2v) is 6.36. The Morgan fingerprint density at radius 1 is 1.38 bits per heavy atom. The largest absolute Gasteiger partial charge is 0.550 e. The van der Waals surface area contributed by atoms with Gasteiger partial charge in [0.05, 0.1) is 14.1 Å². The minimum absolute atomic E-state index is 0.121. The SMILES string of the molecule is C[NH+](C)CP(=O)(O)C[C@H](CC(=O)[O-])C(=O)[O-]. The summed E-state index contributed by atoms with van der Waals surface area (Å²) < 4.78 is 11.6. The lowest BCUT2D eigenvalue weighted by Crippen LogP contribution is -3.05. The fourth-order valence-electron chi connectivity index (χ4n) is 1.33. The third-order valence-electron chi connectivity index (χ3n) is 1.82. The summed E-state index contributed by atoms with van der Waals surface area (Å²) in [5.74, 6) is -4.71. The molecule has 0 bridgehead atoms. The highest BCUT2D eigenvalue weighted by Gasteiger charge is 2.27. The van der Waals surface area contributed by atoms with E-state index >= 15 is 0 Å². The van der Waals surface area contributed by atoms with Gasteiger partial charge in [0.15, 0.2) is 6.29 Å². The smallest absolute Gasteiger partial charge is 0.253 e. The quantitative estimate of drug-likeness (QED) is 0.444. The Labute approximate surface area is 93.1 Å². The number of carboxylic acid groups (broad SMARTS) is 2. The summed E-state index contributed by atoms with van der Waals surface area (Å²) in [6.07, 6.45) is -1.53. The molecular weight excluding hydrogens is 237 g/mol. The Morgan fingerprint density at radius 3 is 2.19 bits per heavy atom. The average molecular weight is 252 g/mol. The van der Waals surface area contributed by atoms with E-state index in [0.717, 1.165) is 0 Å². The number of hydrogen-bond acceptors (Lipinski definition) is 5. The van der Waals surface area contributed by atoms with Crippen LogP contribution in [0.4, 0.5) is 0 Å². The average Bonchev–Trinajstić information content (AvgIpc) is 1.98. The molecule has 16 heavy (non-hydrogen) atoms. The first-order valence-electron chi connectivity index (χ1n) is 4.64. The van der Waals surface area contributed by atoms with Crippen LogP contribution in [-0.2, 0) is 14.2 Å². The molecule has 0 aliphatic heterocycles. The van der Waals surface area contributed by atoms with Crippen LogP contribution >= 0.6 is 7.37 Å². The zero-order chi connectivity index (χ0) is 12.9. The van der Waals surface area contributed by atoms with E-state index in [-0.39, 0.29) is 6.29 Å². The van der Waals surface area contributed by atoms with E-state index in [1.165, 1.54) is 0 Å². The third kappa shape index (κ3) is 6.55. The van der Waals surface area contributed by atoms with E-state index in [0.29, 0.717) is 4.90 Å². The van der Waals surface area contributed by atoms with Crippen molar-refractivity contribution < 1.29 is 34.2 Å². The summed E-state index contributed by atoms with van der Waals surface area (Å²) in [6.45, 7) is 0. The molecule has 0 aromatic rings. The van der Waals surface area contributed by atoms with Crippen molar-refractivity contribution in [2.45, 2.75) is 6.42 Å². The van der Waals surface area contributed by atoms with Gasteiger partial charge in [-0.15, -0.1) is 0 Å². The second kappa shape index (κ2) is 5.98. The van der Waals surface area contributed by atoms with Crippen LogP contribution in [0.5, 0.6) is 0 Å². The molecule has 7 nitrogen and oxygen atoms in total. The summed E-state index contributed by atoms with van der Waals surface area (Å²) in [4.78, 5) is 30.9. The third-order valence-corrected chi connectivity index (χ3v) is 3.95. The molecule has 0 saturated heterocycles. The van der Waals surface area contributed by atoms with Gasteiger partial charge < -0.3 is 29.6 Å². The molecular formula is C8H15NO6P-. The van der Waals surface area contributed by atoms with Crippen molar-refractivity contribution in [1.29, 1.82) is 0 Å².